The molecule has 0 unspecified atom stereocenters. The molecule has 5 heteroatoms. The molecule has 25 heavy (non-hydrogen) atoms. The molecule has 3 heterocycles. The van der Waals surface area contributed by atoms with E-state index >= 15 is 0 Å². The summed E-state index contributed by atoms with van der Waals surface area (Å²) in [7, 11) is 1.75. The van der Waals surface area contributed by atoms with Crippen LogP contribution >= 0.6 is 0 Å². The first kappa shape index (κ1) is 16.8. The second-order valence-corrected chi connectivity index (χ2v) is 7.72. The molecule has 0 radical (unpaired) electrons. The molecule has 1 aromatic carbocycles. The van der Waals surface area contributed by atoms with Gasteiger partial charge < -0.3 is 14.5 Å². The zero-order valence-corrected chi connectivity index (χ0v) is 14.9. The van der Waals surface area contributed by atoms with Crippen LogP contribution in [0.3, 0.4) is 0 Å². The molecule has 2 bridgehead atoms. The van der Waals surface area contributed by atoms with Crippen LogP contribution in [0.25, 0.3) is 0 Å². The monoisotopic (exact) mass is 346 g/mol. The fourth-order valence-corrected chi connectivity index (χ4v) is 4.94. The van der Waals surface area contributed by atoms with Gasteiger partial charge in [-0.3, -0.25) is 0 Å². The molecule has 3 aliphatic rings. The number of carbonyl (C=O) groups excluding carboxylic acids is 1. The Morgan fingerprint density at radius 1 is 1.04 bits per heavy atom. The van der Waals surface area contributed by atoms with Crippen molar-refractivity contribution < 1.29 is 13.9 Å². The van der Waals surface area contributed by atoms with E-state index in [1.807, 2.05) is 17.0 Å². The second kappa shape index (κ2) is 6.94. The Labute approximate surface area is 148 Å². The third kappa shape index (κ3) is 3.26. The molecule has 3 fully saturated rings. The SMILES string of the molecule is COC1CCN(C(=O)N2[C@@H]3CC[C@H]2C[C@@H](c2ccc(F)cc2)C3)CC1. The average molecular weight is 346 g/mol. The molecule has 0 spiro atoms. The van der Waals surface area contributed by atoms with E-state index < -0.39 is 0 Å². The number of benzene rings is 1. The number of ether oxygens (including phenoxy) is 1. The van der Waals surface area contributed by atoms with Gasteiger partial charge in [-0.15, -0.1) is 0 Å². The fourth-order valence-electron chi connectivity index (χ4n) is 4.94. The van der Waals surface area contributed by atoms with Crippen molar-refractivity contribution in [3.8, 4) is 0 Å². The highest BCUT2D eigenvalue weighted by Crippen LogP contribution is 2.43. The van der Waals surface area contributed by atoms with Gasteiger partial charge in [0.1, 0.15) is 5.82 Å². The molecule has 0 aromatic heterocycles. The molecule has 0 N–H and O–H groups in total. The van der Waals surface area contributed by atoms with E-state index in [9.17, 15) is 9.18 Å². The van der Waals surface area contributed by atoms with Gasteiger partial charge in [-0.1, -0.05) is 12.1 Å². The van der Waals surface area contributed by atoms with Crippen molar-refractivity contribution in [2.24, 2.45) is 0 Å². The number of amides is 2. The van der Waals surface area contributed by atoms with Crippen LogP contribution in [0.2, 0.25) is 0 Å². The molecular formula is C20H27FN2O2. The lowest BCUT2D eigenvalue weighted by Gasteiger charge is -2.43. The van der Waals surface area contributed by atoms with Crippen molar-refractivity contribution in [3.05, 3.63) is 35.6 Å². The fraction of sp³-hybridized carbons (Fsp3) is 0.650. The van der Waals surface area contributed by atoms with Crippen molar-refractivity contribution in [2.75, 3.05) is 20.2 Å². The standard InChI is InChI=1S/C20H27FN2O2/c1-25-19-8-10-22(11-9-19)20(24)23-17-6-7-18(23)13-15(12-17)14-2-4-16(21)5-3-14/h2-5,15,17-19H,6-13H2,1H3/t15-,17+,18-. The number of halogens is 1. The average Bonchev–Trinajstić information content (AvgIpc) is 2.91. The van der Waals surface area contributed by atoms with Gasteiger partial charge in [-0.2, -0.15) is 0 Å². The van der Waals surface area contributed by atoms with Crippen LogP contribution in [0.15, 0.2) is 24.3 Å². The number of methoxy groups -OCH3 is 1. The predicted molar refractivity (Wildman–Crippen MR) is 94.0 cm³/mol. The van der Waals surface area contributed by atoms with Gasteiger partial charge in [0.15, 0.2) is 0 Å². The van der Waals surface area contributed by atoms with Gasteiger partial charge in [-0.05, 0) is 62.1 Å². The Hall–Kier alpha value is -1.62. The zero-order chi connectivity index (χ0) is 17.4. The maximum Gasteiger partial charge on any atom is 0.320 e. The summed E-state index contributed by atoms with van der Waals surface area (Å²) in [5.41, 5.74) is 1.21. The summed E-state index contributed by atoms with van der Waals surface area (Å²) in [5.74, 6) is 0.264. The molecule has 3 atom stereocenters. The van der Waals surface area contributed by atoms with E-state index in [-0.39, 0.29) is 11.8 Å². The second-order valence-electron chi connectivity index (χ2n) is 7.72. The van der Waals surface area contributed by atoms with Crippen LogP contribution in [0.5, 0.6) is 0 Å². The van der Waals surface area contributed by atoms with Crippen LogP contribution in [-0.4, -0.2) is 54.2 Å². The summed E-state index contributed by atoms with van der Waals surface area (Å²) in [5, 5.41) is 0. The number of hydrogen-bond donors (Lipinski definition) is 0. The van der Waals surface area contributed by atoms with Gasteiger partial charge in [0.05, 0.1) is 6.10 Å². The van der Waals surface area contributed by atoms with E-state index in [0.29, 0.717) is 24.1 Å². The molecule has 0 saturated carbocycles. The van der Waals surface area contributed by atoms with E-state index in [4.69, 9.17) is 4.74 Å². The number of urea groups is 1. The quantitative estimate of drug-likeness (QED) is 0.817. The van der Waals surface area contributed by atoms with E-state index in [0.717, 1.165) is 51.6 Å². The molecule has 3 aliphatic heterocycles. The summed E-state index contributed by atoms with van der Waals surface area (Å²) < 4.78 is 18.6. The third-order valence-corrected chi connectivity index (χ3v) is 6.34. The van der Waals surface area contributed by atoms with Gasteiger partial charge >= 0.3 is 6.03 Å². The Balaban J connectivity index is 1.42. The first-order chi connectivity index (χ1) is 12.2. The van der Waals surface area contributed by atoms with Crippen molar-refractivity contribution in [1.82, 2.24) is 9.80 Å². The maximum absolute atomic E-state index is 13.2. The molecule has 4 nitrogen and oxygen atoms in total. The summed E-state index contributed by atoms with van der Waals surface area (Å²) in [6.45, 7) is 1.60. The van der Waals surface area contributed by atoms with Gasteiger partial charge in [0.25, 0.3) is 0 Å². The topological polar surface area (TPSA) is 32.8 Å². The number of piperidine rings is 2. The Bertz CT molecular complexity index is 599. The Morgan fingerprint density at radius 2 is 1.64 bits per heavy atom. The van der Waals surface area contributed by atoms with Crippen molar-refractivity contribution >= 4 is 6.03 Å². The number of fused-ring (bicyclic) bond motifs is 2. The lowest BCUT2D eigenvalue weighted by atomic mass is 9.85. The van der Waals surface area contributed by atoms with E-state index in [1.54, 1.807) is 19.2 Å². The number of hydrogen-bond acceptors (Lipinski definition) is 2. The maximum atomic E-state index is 13.2. The van der Waals surface area contributed by atoms with E-state index in [1.165, 1.54) is 5.56 Å². The summed E-state index contributed by atoms with van der Waals surface area (Å²) in [4.78, 5) is 17.2. The van der Waals surface area contributed by atoms with Crippen LogP contribution in [0.1, 0.15) is 50.0 Å². The highest BCUT2D eigenvalue weighted by atomic mass is 19.1. The Morgan fingerprint density at radius 3 is 2.20 bits per heavy atom. The molecular weight excluding hydrogens is 319 g/mol. The van der Waals surface area contributed by atoms with Crippen LogP contribution in [-0.2, 0) is 4.74 Å². The number of nitrogens with zero attached hydrogens (tertiary/aromatic N) is 2. The van der Waals surface area contributed by atoms with Gasteiger partial charge in [0, 0.05) is 32.3 Å². The van der Waals surface area contributed by atoms with E-state index in [2.05, 4.69) is 4.90 Å². The van der Waals surface area contributed by atoms with Gasteiger partial charge in [-0.25, -0.2) is 9.18 Å². The smallest absolute Gasteiger partial charge is 0.320 e. The van der Waals surface area contributed by atoms with Crippen molar-refractivity contribution in [2.45, 2.75) is 62.6 Å². The number of rotatable bonds is 2. The van der Waals surface area contributed by atoms with Crippen LogP contribution in [0.4, 0.5) is 9.18 Å². The molecule has 3 saturated heterocycles. The highest BCUT2D eigenvalue weighted by Gasteiger charge is 2.45. The lowest BCUT2D eigenvalue weighted by molar-refractivity contribution is 0.0377. The number of carbonyl (C=O) groups is 1. The first-order valence-electron chi connectivity index (χ1n) is 9.51. The predicted octanol–water partition coefficient (Wildman–Crippen LogP) is 3.77. The zero-order valence-electron chi connectivity index (χ0n) is 14.9. The largest absolute Gasteiger partial charge is 0.381 e. The molecule has 136 valence electrons. The minimum absolute atomic E-state index is 0.182. The van der Waals surface area contributed by atoms with Crippen LogP contribution in [0, 0.1) is 5.82 Å². The normalized spacial score (nSPS) is 29.9. The molecule has 0 aliphatic carbocycles. The molecule has 1 aromatic rings. The van der Waals surface area contributed by atoms with Crippen molar-refractivity contribution in [1.29, 1.82) is 0 Å². The summed E-state index contributed by atoms with van der Waals surface area (Å²) in [6.07, 6.45) is 6.37. The Kier molecular flexibility index (Phi) is 4.67. The van der Waals surface area contributed by atoms with Gasteiger partial charge in [0.2, 0.25) is 0 Å². The lowest BCUT2D eigenvalue weighted by Crippen LogP contribution is -2.54. The molecule has 4 rings (SSSR count). The number of likely N-dealkylation sites (tertiary alicyclic amines) is 1. The first-order valence-corrected chi connectivity index (χ1v) is 9.51. The molecule has 2 amide bonds. The summed E-state index contributed by atoms with van der Waals surface area (Å²) in [6, 6.07) is 7.81. The van der Waals surface area contributed by atoms with Crippen molar-refractivity contribution in [3.63, 3.8) is 0 Å². The minimum Gasteiger partial charge on any atom is -0.381 e. The minimum atomic E-state index is -0.182. The highest BCUT2D eigenvalue weighted by molar-refractivity contribution is 5.76. The summed E-state index contributed by atoms with van der Waals surface area (Å²) >= 11 is 0. The van der Waals surface area contributed by atoms with Crippen LogP contribution < -0.4 is 0 Å². The third-order valence-electron chi connectivity index (χ3n) is 6.34.